The molecule has 0 saturated carbocycles. The van der Waals surface area contributed by atoms with E-state index in [2.05, 4.69) is 59.4 Å². The van der Waals surface area contributed by atoms with Crippen LogP contribution in [0.25, 0.3) is 11.6 Å². The standard InChI is InChI=1S/C36H42N4O5/c1-9-20-16(3)23-13-25-18(5)22(11-12-29(41)44-7)33(39-25)31-32(36(43)45-8)35(42)30-19(6)26(40-34(30)31)15-28-21(10-2)17(4)24(38-28)14-27(20)37-23/h1,13-14,18,20,22,32,35,37-40,42H,10-12,15H2,2-8H3/b25-13-,27-14?,33-31-/t18-,20+,22-,32+,35-/m0/s1. The molecule has 6 rings (SSSR count). The summed E-state index contributed by atoms with van der Waals surface area (Å²) in [6.07, 6.45) is 11.4. The Hall–Kier alpha value is -4.42. The number of methoxy groups -OCH3 is 2. The Morgan fingerprint density at radius 2 is 1.80 bits per heavy atom. The SMILES string of the molecule is C#C[C@H]1C2=Cc3[nH]c(c(CC)c3C)Cc3[nH]c4c(c3C)[C@H](O)[C@H](C(=O)OC)/C4=C3/N/C(=C\C(=C1C)N2)[C@@H](C)[C@@H]3CCC(=O)OC. The number of aliphatic hydroxyl groups is 1. The third-order valence-electron chi connectivity index (χ3n) is 10.4. The smallest absolute Gasteiger partial charge is 0.316 e. The van der Waals surface area contributed by atoms with Gasteiger partial charge in [0.05, 0.1) is 31.9 Å². The fourth-order valence-electron chi connectivity index (χ4n) is 7.79. The maximum atomic E-state index is 13.4. The lowest BCUT2D eigenvalue weighted by atomic mass is 9.84. The Kier molecular flexibility index (Phi) is 7.82. The Morgan fingerprint density at radius 1 is 1.04 bits per heavy atom. The highest BCUT2D eigenvalue weighted by molar-refractivity contribution is 5.94. The van der Waals surface area contributed by atoms with Gasteiger partial charge in [-0.1, -0.05) is 19.8 Å². The number of ether oxygens (including phenoxy) is 2. The molecular formula is C36H42N4O5. The summed E-state index contributed by atoms with van der Waals surface area (Å²) in [7, 11) is 2.73. The Balaban J connectivity index is 1.63. The number of aromatic nitrogens is 2. The van der Waals surface area contributed by atoms with E-state index in [4.69, 9.17) is 15.9 Å². The van der Waals surface area contributed by atoms with Crippen molar-refractivity contribution in [1.29, 1.82) is 0 Å². The molecule has 9 heteroatoms. The number of esters is 2. The molecular weight excluding hydrogens is 568 g/mol. The van der Waals surface area contributed by atoms with Gasteiger partial charge < -0.3 is 35.2 Å². The van der Waals surface area contributed by atoms with Crippen LogP contribution in [-0.2, 0) is 31.9 Å². The largest absolute Gasteiger partial charge is 0.469 e. The maximum absolute atomic E-state index is 13.4. The van der Waals surface area contributed by atoms with E-state index < -0.39 is 18.0 Å². The maximum Gasteiger partial charge on any atom is 0.316 e. The number of hydrogen-bond donors (Lipinski definition) is 5. The van der Waals surface area contributed by atoms with Crippen LogP contribution >= 0.6 is 0 Å². The average Bonchev–Trinajstić information content (AvgIpc) is 3.76. The summed E-state index contributed by atoms with van der Waals surface area (Å²) in [6.45, 7) is 10.4. The predicted molar refractivity (Wildman–Crippen MR) is 172 cm³/mol. The molecule has 45 heavy (non-hydrogen) atoms. The highest BCUT2D eigenvalue weighted by atomic mass is 16.5. The number of carbonyl (C=O) groups is 2. The molecule has 9 nitrogen and oxygen atoms in total. The fraction of sp³-hybridized carbons (Fsp3) is 0.444. The molecule has 0 radical (unpaired) electrons. The second-order valence-corrected chi connectivity index (χ2v) is 12.6. The van der Waals surface area contributed by atoms with Gasteiger partial charge in [0.15, 0.2) is 0 Å². The minimum atomic E-state index is -1.08. The van der Waals surface area contributed by atoms with Crippen molar-refractivity contribution in [2.24, 2.45) is 23.7 Å². The molecule has 5 heterocycles. The zero-order chi connectivity index (χ0) is 32.3. The van der Waals surface area contributed by atoms with Crippen LogP contribution < -0.4 is 10.6 Å². The van der Waals surface area contributed by atoms with Crippen molar-refractivity contribution in [3.05, 3.63) is 79.5 Å². The van der Waals surface area contributed by atoms with Crippen molar-refractivity contribution in [3.8, 4) is 12.3 Å². The first kappa shape index (κ1) is 30.6. The van der Waals surface area contributed by atoms with Crippen LogP contribution in [0.5, 0.6) is 0 Å². The molecule has 0 aromatic carbocycles. The molecule has 2 aromatic heterocycles. The molecule has 5 N–H and O–H groups in total. The molecule has 0 spiro atoms. The molecule has 0 unspecified atom stereocenters. The number of nitrogens with one attached hydrogen (secondary N) is 4. The van der Waals surface area contributed by atoms with Gasteiger partial charge in [0, 0.05) is 75.7 Å². The number of carbonyl (C=O) groups excluding carboxylic acids is 2. The van der Waals surface area contributed by atoms with Crippen molar-refractivity contribution in [2.75, 3.05) is 14.2 Å². The number of hydrogen-bond acceptors (Lipinski definition) is 7. The highest BCUT2D eigenvalue weighted by Crippen LogP contribution is 2.52. The van der Waals surface area contributed by atoms with Crippen molar-refractivity contribution >= 4 is 23.6 Å². The summed E-state index contributed by atoms with van der Waals surface area (Å²) in [5.41, 5.74) is 13.2. The molecule has 0 amide bonds. The lowest BCUT2D eigenvalue weighted by molar-refractivity contribution is -0.146. The van der Waals surface area contributed by atoms with Crippen LogP contribution in [0, 0.1) is 49.9 Å². The van der Waals surface area contributed by atoms with E-state index in [1.165, 1.54) is 25.3 Å². The van der Waals surface area contributed by atoms with Gasteiger partial charge in [-0.3, -0.25) is 9.59 Å². The number of allylic oxidation sites excluding steroid dienone is 4. The minimum absolute atomic E-state index is 0.0397. The van der Waals surface area contributed by atoms with Gasteiger partial charge in [-0.2, -0.15) is 0 Å². The van der Waals surface area contributed by atoms with Crippen LogP contribution in [-0.4, -0.2) is 41.2 Å². The molecule has 1 aliphatic carbocycles. The fourth-order valence-corrected chi connectivity index (χ4v) is 7.79. The Labute approximate surface area is 264 Å². The first-order valence-corrected chi connectivity index (χ1v) is 15.7. The van der Waals surface area contributed by atoms with Gasteiger partial charge >= 0.3 is 11.9 Å². The second kappa shape index (κ2) is 11.5. The summed E-state index contributed by atoms with van der Waals surface area (Å²) in [5.74, 6) is 0.836. The van der Waals surface area contributed by atoms with Crippen LogP contribution in [0.2, 0.25) is 0 Å². The average molecular weight is 611 g/mol. The Morgan fingerprint density at radius 3 is 2.47 bits per heavy atom. The quantitative estimate of drug-likeness (QED) is 0.242. The van der Waals surface area contributed by atoms with Gasteiger partial charge in [0.1, 0.15) is 5.92 Å². The molecule has 4 aliphatic rings. The number of H-pyrrole nitrogens is 2. The van der Waals surface area contributed by atoms with Gasteiger partial charge in [-0.25, -0.2) is 0 Å². The van der Waals surface area contributed by atoms with E-state index >= 15 is 0 Å². The number of rotatable bonds is 5. The van der Waals surface area contributed by atoms with E-state index in [9.17, 15) is 14.7 Å². The summed E-state index contributed by atoms with van der Waals surface area (Å²) in [4.78, 5) is 33.0. The molecule has 1 saturated heterocycles. The van der Waals surface area contributed by atoms with Crippen molar-refractivity contribution in [1.82, 2.24) is 20.6 Å². The lowest BCUT2D eigenvalue weighted by Crippen LogP contribution is -2.24. The summed E-state index contributed by atoms with van der Waals surface area (Å²) in [6, 6.07) is 0. The second-order valence-electron chi connectivity index (χ2n) is 12.6. The zero-order valence-electron chi connectivity index (χ0n) is 27.0. The van der Waals surface area contributed by atoms with Gasteiger partial charge in [0.25, 0.3) is 0 Å². The third-order valence-corrected chi connectivity index (χ3v) is 10.4. The van der Waals surface area contributed by atoms with Gasteiger partial charge in [0.2, 0.25) is 0 Å². The van der Waals surface area contributed by atoms with E-state index in [1.54, 1.807) is 0 Å². The molecule has 8 bridgehead atoms. The zero-order valence-corrected chi connectivity index (χ0v) is 27.0. The molecule has 2 aromatic rings. The highest BCUT2D eigenvalue weighted by Gasteiger charge is 2.48. The molecule has 5 atom stereocenters. The van der Waals surface area contributed by atoms with Crippen LogP contribution in [0.4, 0.5) is 0 Å². The van der Waals surface area contributed by atoms with Gasteiger partial charge in [-0.15, -0.1) is 6.42 Å². The first-order chi connectivity index (χ1) is 21.5. The molecule has 3 aliphatic heterocycles. The number of aliphatic hydroxyl groups excluding tert-OH is 1. The van der Waals surface area contributed by atoms with Crippen LogP contribution in [0.3, 0.4) is 0 Å². The van der Waals surface area contributed by atoms with E-state index in [1.807, 2.05) is 13.8 Å². The topological polar surface area (TPSA) is 128 Å². The number of aromatic amines is 2. The summed E-state index contributed by atoms with van der Waals surface area (Å²) in [5, 5.41) is 19.0. The van der Waals surface area contributed by atoms with Gasteiger partial charge in [-0.05, 0) is 68.0 Å². The molecule has 1 fully saturated rings. The number of terminal acetylenes is 1. The van der Waals surface area contributed by atoms with Crippen LogP contribution in [0.1, 0.15) is 84.7 Å². The predicted octanol–water partition coefficient (Wildman–Crippen LogP) is 4.83. The summed E-state index contributed by atoms with van der Waals surface area (Å²) < 4.78 is 10.2. The van der Waals surface area contributed by atoms with E-state index in [-0.39, 0.29) is 30.1 Å². The van der Waals surface area contributed by atoms with Crippen LogP contribution in [0.15, 0.2) is 34.4 Å². The minimum Gasteiger partial charge on any atom is -0.469 e. The first-order valence-electron chi connectivity index (χ1n) is 15.7. The summed E-state index contributed by atoms with van der Waals surface area (Å²) >= 11 is 0. The lowest BCUT2D eigenvalue weighted by Gasteiger charge is -2.21. The van der Waals surface area contributed by atoms with Crippen molar-refractivity contribution in [3.63, 3.8) is 0 Å². The van der Waals surface area contributed by atoms with E-state index in [0.717, 1.165) is 63.1 Å². The number of fused-ring (bicyclic) bond motifs is 7. The Bertz CT molecular complexity index is 1770. The monoisotopic (exact) mass is 610 g/mol. The normalized spacial score (nSPS) is 27.8. The molecule has 236 valence electrons. The van der Waals surface area contributed by atoms with E-state index in [0.29, 0.717) is 24.0 Å². The van der Waals surface area contributed by atoms with Crippen molar-refractivity contribution in [2.45, 2.75) is 66.4 Å². The van der Waals surface area contributed by atoms with Crippen molar-refractivity contribution < 1.29 is 24.2 Å². The third kappa shape index (κ3) is 4.74.